The molecule has 0 aromatic heterocycles. The summed E-state index contributed by atoms with van der Waals surface area (Å²) in [6, 6.07) is 5.81. The summed E-state index contributed by atoms with van der Waals surface area (Å²) in [5, 5.41) is 0. The van der Waals surface area contributed by atoms with Gasteiger partial charge in [-0.25, -0.2) is 0 Å². The van der Waals surface area contributed by atoms with Crippen molar-refractivity contribution >= 4 is 28.6 Å². The number of benzene rings is 1. The minimum absolute atomic E-state index is 0.148. The quantitative estimate of drug-likeness (QED) is 0.654. The van der Waals surface area contributed by atoms with Gasteiger partial charge in [0.2, 0.25) is 0 Å². The van der Waals surface area contributed by atoms with Gasteiger partial charge in [-0.2, -0.15) is 0 Å². The molecule has 0 aliphatic heterocycles. The lowest BCUT2D eigenvalue weighted by molar-refractivity contribution is 0.101. The van der Waals surface area contributed by atoms with Crippen LogP contribution in [0.25, 0.3) is 0 Å². The molecule has 0 unspecified atom stereocenters. The maximum absolute atomic E-state index is 11.5. The molecule has 1 aromatic carbocycles. The SMILES string of the molecule is CN(C)c1ccc2c(c1)C(=S)CC2=O. The van der Waals surface area contributed by atoms with E-state index < -0.39 is 0 Å². The van der Waals surface area contributed by atoms with Crippen molar-refractivity contribution in [3.8, 4) is 0 Å². The second kappa shape index (κ2) is 3.17. The van der Waals surface area contributed by atoms with Crippen LogP contribution in [-0.4, -0.2) is 24.7 Å². The molecule has 0 bridgehead atoms. The van der Waals surface area contributed by atoms with Gasteiger partial charge >= 0.3 is 0 Å². The number of hydrogen-bond acceptors (Lipinski definition) is 3. The number of ketones is 1. The van der Waals surface area contributed by atoms with Gasteiger partial charge in [-0.05, 0) is 18.2 Å². The lowest BCUT2D eigenvalue weighted by Crippen LogP contribution is -2.09. The van der Waals surface area contributed by atoms with Crippen LogP contribution in [0.2, 0.25) is 0 Å². The molecule has 0 radical (unpaired) electrons. The Kier molecular flexibility index (Phi) is 2.11. The summed E-state index contributed by atoms with van der Waals surface area (Å²) in [4.78, 5) is 14.2. The van der Waals surface area contributed by atoms with Crippen LogP contribution >= 0.6 is 12.2 Å². The molecule has 0 fully saturated rings. The maximum atomic E-state index is 11.5. The Morgan fingerprint density at radius 1 is 1.29 bits per heavy atom. The van der Waals surface area contributed by atoms with Crippen molar-refractivity contribution in [2.75, 3.05) is 19.0 Å². The summed E-state index contributed by atoms with van der Waals surface area (Å²) in [6.07, 6.45) is 0.404. The number of anilines is 1. The number of carbonyl (C=O) groups is 1. The smallest absolute Gasteiger partial charge is 0.168 e. The first kappa shape index (κ1) is 9.34. The molecule has 0 spiro atoms. The minimum Gasteiger partial charge on any atom is -0.378 e. The Labute approximate surface area is 88.5 Å². The second-order valence-electron chi connectivity index (χ2n) is 3.65. The van der Waals surface area contributed by atoms with Gasteiger partial charge in [0, 0.05) is 42.2 Å². The fourth-order valence-electron chi connectivity index (χ4n) is 1.62. The van der Waals surface area contributed by atoms with E-state index in [1.54, 1.807) is 0 Å². The van der Waals surface area contributed by atoms with E-state index in [0.29, 0.717) is 6.42 Å². The molecule has 3 heteroatoms. The van der Waals surface area contributed by atoms with E-state index in [9.17, 15) is 4.79 Å². The zero-order chi connectivity index (χ0) is 10.3. The highest BCUT2D eigenvalue weighted by atomic mass is 32.1. The van der Waals surface area contributed by atoms with Gasteiger partial charge in [0.25, 0.3) is 0 Å². The first-order valence-corrected chi connectivity index (χ1v) is 4.88. The molecule has 0 saturated carbocycles. The summed E-state index contributed by atoms with van der Waals surface area (Å²) >= 11 is 5.16. The molecular formula is C11H11NOS. The predicted molar refractivity (Wildman–Crippen MR) is 61.4 cm³/mol. The highest BCUT2D eigenvalue weighted by Crippen LogP contribution is 2.26. The van der Waals surface area contributed by atoms with Crippen molar-refractivity contribution in [2.24, 2.45) is 0 Å². The van der Waals surface area contributed by atoms with Crippen LogP contribution in [-0.2, 0) is 0 Å². The monoisotopic (exact) mass is 205 g/mol. The molecule has 0 N–H and O–H groups in total. The summed E-state index contributed by atoms with van der Waals surface area (Å²) in [6.45, 7) is 0. The third kappa shape index (κ3) is 1.34. The van der Waals surface area contributed by atoms with E-state index >= 15 is 0 Å². The van der Waals surface area contributed by atoms with Crippen LogP contribution in [0.1, 0.15) is 22.3 Å². The molecule has 1 aromatic rings. The second-order valence-corrected chi connectivity index (χ2v) is 4.14. The third-order valence-electron chi connectivity index (χ3n) is 2.44. The fraction of sp³-hybridized carbons (Fsp3) is 0.273. The summed E-state index contributed by atoms with van der Waals surface area (Å²) in [7, 11) is 3.95. The Bertz CT molecular complexity index is 423. The average Bonchev–Trinajstić information content (AvgIpc) is 2.42. The summed E-state index contributed by atoms with van der Waals surface area (Å²) in [5.41, 5.74) is 2.80. The van der Waals surface area contributed by atoms with Crippen molar-refractivity contribution in [1.29, 1.82) is 0 Å². The van der Waals surface area contributed by atoms with Gasteiger partial charge in [0.1, 0.15) is 0 Å². The van der Waals surface area contributed by atoms with Crippen LogP contribution in [0.15, 0.2) is 18.2 Å². The third-order valence-corrected chi connectivity index (χ3v) is 2.81. The van der Waals surface area contributed by atoms with E-state index in [4.69, 9.17) is 12.2 Å². The van der Waals surface area contributed by atoms with Gasteiger partial charge in [-0.15, -0.1) is 0 Å². The zero-order valence-corrected chi connectivity index (χ0v) is 9.02. The average molecular weight is 205 g/mol. The van der Waals surface area contributed by atoms with Crippen LogP contribution in [0.4, 0.5) is 5.69 Å². The molecule has 2 nitrogen and oxygen atoms in total. The number of carbonyl (C=O) groups excluding carboxylic acids is 1. The largest absolute Gasteiger partial charge is 0.378 e. The van der Waals surface area contributed by atoms with Crippen LogP contribution in [0.5, 0.6) is 0 Å². The topological polar surface area (TPSA) is 20.3 Å². The van der Waals surface area contributed by atoms with Gasteiger partial charge < -0.3 is 4.90 Å². The molecule has 0 atom stereocenters. The molecule has 0 heterocycles. The normalized spacial score (nSPS) is 14.4. The van der Waals surface area contributed by atoms with Crippen molar-refractivity contribution in [3.63, 3.8) is 0 Å². The molecule has 1 aliphatic carbocycles. The minimum atomic E-state index is 0.148. The van der Waals surface area contributed by atoms with Crippen molar-refractivity contribution < 1.29 is 4.79 Å². The van der Waals surface area contributed by atoms with Crippen LogP contribution < -0.4 is 4.90 Å². The molecule has 0 saturated heterocycles. The fourth-order valence-corrected chi connectivity index (χ4v) is 1.92. The van der Waals surface area contributed by atoms with Gasteiger partial charge in [0.15, 0.2) is 5.78 Å². The van der Waals surface area contributed by atoms with E-state index in [2.05, 4.69) is 0 Å². The van der Waals surface area contributed by atoms with Crippen molar-refractivity contribution in [3.05, 3.63) is 29.3 Å². The van der Waals surface area contributed by atoms with E-state index in [-0.39, 0.29) is 5.78 Å². The number of thiocarbonyl (C=S) groups is 1. The Balaban J connectivity index is 2.55. The highest BCUT2D eigenvalue weighted by molar-refractivity contribution is 7.81. The summed E-state index contributed by atoms with van der Waals surface area (Å²) < 4.78 is 0. The number of hydrogen-bond donors (Lipinski definition) is 0. The zero-order valence-electron chi connectivity index (χ0n) is 8.20. The Morgan fingerprint density at radius 3 is 2.64 bits per heavy atom. The lowest BCUT2D eigenvalue weighted by Gasteiger charge is -2.13. The molecule has 0 amide bonds. The summed E-state index contributed by atoms with van der Waals surface area (Å²) in [5.74, 6) is 0.148. The number of Topliss-reactive ketones (excluding diaryl/α,β-unsaturated/α-hetero) is 1. The van der Waals surface area contributed by atoms with E-state index in [1.165, 1.54) is 0 Å². The first-order valence-electron chi connectivity index (χ1n) is 4.47. The standard InChI is InChI=1S/C11H11NOS/c1-12(2)7-3-4-8-9(5-7)11(14)6-10(8)13/h3-5H,6H2,1-2H3. The molecule has 72 valence electrons. The van der Waals surface area contributed by atoms with Crippen molar-refractivity contribution in [1.82, 2.24) is 0 Å². The van der Waals surface area contributed by atoms with Gasteiger partial charge in [-0.3, -0.25) is 4.79 Å². The maximum Gasteiger partial charge on any atom is 0.168 e. The van der Waals surface area contributed by atoms with Gasteiger partial charge in [-0.1, -0.05) is 12.2 Å². The van der Waals surface area contributed by atoms with Crippen LogP contribution in [0, 0.1) is 0 Å². The van der Waals surface area contributed by atoms with E-state index in [0.717, 1.165) is 21.7 Å². The van der Waals surface area contributed by atoms with Gasteiger partial charge in [0.05, 0.1) is 0 Å². The number of fused-ring (bicyclic) bond motifs is 1. The molecule has 1 aliphatic rings. The Morgan fingerprint density at radius 2 is 2.00 bits per heavy atom. The highest BCUT2D eigenvalue weighted by Gasteiger charge is 2.24. The van der Waals surface area contributed by atoms with E-state index in [1.807, 2.05) is 37.2 Å². The number of rotatable bonds is 1. The molecular weight excluding hydrogens is 194 g/mol. The number of nitrogens with zero attached hydrogens (tertiary/aromatic N) is 1. The lowest BCUT2D eigenvalue weighted by atomic mass is 10.1. The predicted octanol–water partition coefficient (Wildman–Crippen LogP) is 2.06. The van der Waals surface area contributed by atoms with Crippen molar-refractivity contribution in [2.45, 2.75) is 6.42 Å². The molecule has 14 heavy (non-hydrogen) atoms. The van der Waals surface area contributed by atoms with Crippen LogP contribution in [0.3, 0.4) is 0 Å². The first-order chi connectivity index (χ1) is 6.59. The molecule has 2 rings (SSSR count). The Hall–Kier alpha value is -1.22.